The highest BCUT2D eigenvalue weighted by molar-refractivity contribution is 5.71. The maximum atomic E-state index is 12.9. The molecule has 0 aliphatic carbocycles. The summed E-state index contributed by atoms with van der Waals surface area (Å²) < 4.78 is 16.9. The van der Waals surface area contributed by atoms with Gasteiger partial charge in [0.05, 0.1) is 0 Å². The standard InChI is InChI=1S/C65H110O6/c1-4-7-10-13-16-19-22-25-28-30-32-34-37-40-43-46-49-52-55-58-64(67)70-61-62(60-69-63(66)57-54-51-48-45-42-39-36-27-24-21-18-15-12-9-6-3)71-65(68)59-56-53-50-47-44-41-38-35-33-31-29-26-23-20-17-14-11-8-5-2/h7,9-10,12,16,18-19,21,25-29,32,34,36,62H,4-6,8,11,13-15,17,20,22-24,30-31,33,35,37-61H2,1-3H3/b10-7-,12-9-,19-16-,21-18-,28-25-,29-26-,34-32-,36-27-. The predicted octanol–water partition coefficient (Wildman–Crippen LogP) is 20.1. The summed E-state index contributed by atoms with van der Waals surface area (Å²) in [5.74, 6) is -0.918. The minimum atomic E-state index is -0.794. The van der Waals surface area contributed by atoms with Crippen LogP contribution >= 0.6 is 0 Å². The van der Waals surface area contributed by atoms with Gasteiger partial charge >= 0.3 is 17.9 Å². The number of carbonyl (C=O) groups is 3. The van der Waals surface area contributed by atoms with Gasteiger partial charge in [-0.25, -0.2) is 0 Å². The molecule has 6 heteroatoms. The summed E-state index contributed by atoms with van der Waals surface area (Å²) in [7, 11) is 0. The van der Waals surface area contributed by atoms with E-state index >= 15 is 0 Å². The van der Waals surface area contributed by atoms with E-state index in [0.717, 1.165) is 135 Å². The molecule has 71 heavy (non-hydrogen) atoms. The second-order valence-electron chi connectivity index (χ2n) is 19.5. The van der Waals surface area contributed by atoms with E-state index in [1.54, 1.807) is 0 Å². The Morgan fingerprint density at radius 3 is 0.873 bits per heavy atom. The fraction of sp³-hybridized carbons (Fsp3) is 0.708. The van der Waals surface area contributed by atoms with Crippen molar-refractivity contribution in [2.24, 2.45) is 0 Å². The third-order valence-corrected chi connectivity index (χ3v) is 12.6. The van der Waals surface area contributed by atoms with Crippen LogP contribution < -0.4 is 0 Å². The molecule has 0 saturated carbocycles. The molecule has 6 nitrogen and oxygen atoms in total. The van der Waals surface area contributed by atoms with E-state index in [0.29, 0.717) is 19.3 Å². The number of ether oxygens (including phenoxy) is 3. The van der Waals surface area contributed by atoms with Gasteiger partial charge in [-0.1, -0.05) is 240 Å². The van der Waals surface area contributed by atoms with Crippen LogP contribution in [0.15, 0.2) is 97.2 Å². The van der Waals surface area contributed by atoms with Crippen molar-refractivity contribution in [2.75, 3.05) is 13.2 Å². The Kier molecular flexibility index (Phi) is 55.9. The third-order valence-electron chi connectivity index (χ3n) is 12.6. The van der Waals surface area contributed by atoms with Crippen molar-refractivity contribution >= 4 is 17.9 Å². The minimum absolute atomic E-state index is 0.0916. The van der Waals surface area contributed by atoms with Gasteiger partial charge in [0.2, 0.25) is 0 Å². The normalized spacial score (nSPS) is 12.8. The molecule has 0 aromatic heterocycles. The predicted molar refractivity (Wildman–Crippen MR) is 307 cm³/mol. The fourth-order valence-corrected chi connectivity index (χ4v) is 8.15. The Morgan fingerprint density at radius 1 is 0.296 bits per heavy atom. The molecule has 0 saturated heterocycles. The van der Waals surface area contributed by atoms with Crippen molar-refractivity contribution in [3.63, 3.8) is 0 Å². The lowest BCUT2D eigenvalue weighted by Crippen LogP contribution is -2.30. The summed E-state index contributed by atoms with van der Waals surface area (Å²) in [4.78, 5) is 38.2. The zero-order valence-electron chi connectivity index (χ0n) is 46.5. The number of carbonyl (C=O) groups excluding carboxylic acids is 3. The lowest BCUT2D eigenvalue weighted by molar-refractivity contribution is -0.167. The van der Waals surface area contributed by atoms with Crippen LogP contribution in [0.2, 0.25) is 0 Å². The number of esters is 3. The average Bonchev–Trinajstić information content (AvgIpc) is 3.37. The van der Waals surface area contributed by atoms with Gasteiger partial charge in [-0.05, 0) is 116 Å². The molecule has 406 valence electrons. The first-order chi connectivity index (χ1) is 35.0. The minimum Gasteiger partial charge on any atom is -0.462 e. The summed E-state index contributed by atoms with van der Waals surface area (Å²) in [5, 5.41) is 0. The van der Waals surface area contributed by atoms with E-state index in [2.05, 4.69) is 118 Å². The van der Waals surface area contributed by atoms with Crippen molar-refractivity contribution in [3.8, 4) is 0 Å². The quantitative estimate of drug-likeness (QED) is 0.0261. The summed E-state index contributed by atoms with van der Waals surface area (Å²) in [5.41, 5.74) is 0. The molecule has 0 amide bonds. The largest absolute Gasteiger partial charge is 0.462 e. The Labute approximate surface area is 438 Å². The number of hydrogen-bond donors (Lipinski definition) is 0. The second-order valence-corrected chi connectivity index (χ2v) is 19.5. The van der Waals surface area contributed by atoms with Crippen LogP contribution in [0.4, 0.5) is 0 Å². The highest BCUT2D eigenvalue weighted by Gasteiger charge is 2.19. The molecule has 0 heterocycles. The zero-order valence-corrected chi connectivity index (χ0v) is 46.5. The third kappa shape index (κ3) is 57.1. The van der Waals surface area contributed by atoms with Crippen LogP contribution in [0.25, 0.3) is 0 Å². The maximum Gasteiger partial charge on any atom is 0.306 e. The lowest BCUT2D eigenvalue weighted by Gasteiger charge is -2.18. The smallest absolute Gasteiger partial charge is 0.306 e. The second kappa shape index (κ2) is 58.9. The molecule has 0 aromatic carbocycles. The van der Waals surface area contributed by atoms with Gasteiger partial charge in [0, 0.05) is 19.3 Å². The van der Waals surface area contributed by atoms with E-state index in [1.807, 2.05) is 0 Å². The number of allylic oxidation sites excluding steroid dienone is 16. The maximum absolute atomic E-state index is 12.9. The number of rotatable bonds is 53. The Bertz CT molecular complexity index is 1410. The Hall–Kier alpha value is -3.67. The molecule has 0 aromatic rings. The van der Waals surface area contributed by atoms with Gasteiger partial charge in [-0.2, -0.15) is 0 Å². The Balaban J connectivity index is 4.43. The molecule has 0 rings (SSSR count). The van der Waals surface area contributed by atoms with Gasteiger partial charge < -0.3 is 14.2 Å². The molecule has 0 aliphatic heterocycles. The summed E-state index contributed by atoms with van der Waals surface area (Å²) in [6.07, 6.45) is 78.2. The van der Waals surface area contributed by atoms with Crippen LogP contribution in [0.3, 0.4) is 0 Å². The summed E-state index contributed by atoms with van der Waals surface area (Å²) >= 11 is 0. The van der Waals surface area contributed by atoms with Gasteiger partial charge in [-0.15, -0.1) is 0 Å². The summed E-state index contributed by atoms with van der Waals surface area (Å²) in [6.45, 7) is 6.40. The molecule has 0 N–H and O–H groups in total. The SMILES string of the molecule is CC/C=C\C/C=C\C/C=C\C/C=C\CCCCCCCCC(=O)OCC(COC(=O)CCCCCCC/C=C\C/C=C\C/C=C\CC)OC(=O)CCCCCCCCCCC/C=C\CCCCCCCC. The molecule has 0 fully saturated rings. The van der Waals surface area contributed by atoms with Crippen molar-refractivity contribution in [2.45, 2.75) is 284 Å². The van der Waals surface area contributed by atoms with Crippen LogP contribution in [0.5, 0.6) is 0 Å². The summed E-state index contributed by atoms with van der Waals surface area (Å²) in [6, 6.07) is 0. The average molecular weight is 988 g/mol. The number of hydrogen-bond acceptors (Lipinski definition) is 6. The van der Waals surface area contributed by atoms with Crippen LogP contribution in [-0.4, -0.2) is 37.2 Å². The lowest BCUT2D eigenvalue weighted by atomic mass is 10.1. The molecule has 1 atom stereocenters. The van der Waals surface area contributed by atoms with Gasteiger partial charge in [-0.3, -0.25) is 14.4 Å². The molecular formula is C65H110O6. The van der Waals surface area contributed by atoms with Gasteiger partial charge in [0.25, 0.3) is 0 Å². The van der Waals surface area contributed by atoms with E-state index in [9.17, 15) is 14.4 Å². The van der Waals surface area contributed by atoms with Crippen molar-refractivity contribution in [1.29, 1.82) is 0 Å². The monoisotopic (exact) mass is 987 g/mol. The molecule has 1 unspecified atom stereocenters. The molecular weight excluding hydrogens is 877 g/mol. The zero-order chi connectivity index (χ0) is 51.4. The highest BCUT2D eigenvalue weighted by atomic mass is 16.6. The first kappa shape index (κ1) is 67.3. The molecule has 0 aliphatic rings. The van der Waals surface area contributed by atoms with Crippen LogP contribution in [0.1, 0.15) is 278 Å². The van der Waals surface area contributed by atoms with E-state index in [4.69, 9.17) is 14.2 Å². The van der Waals surface area contributed by atoms with Crippen molar-refractivity contribution in [3.05, 3.63) is 97.2 Å². The molecule has 0 bridgehead atoms. The van der Waals surface area contributed by atoms with E-state index in [1.165, 1.54) is 103 Å². The Morgan fingerprint density at radius 2 is 0.549 bits per heavy atom. The topological polar surface area (TPSA) is 78.9 Å². The number of unbranched alkanes of at least 4 members (excludes halogenated alkanes) is 26. The van der Waals surface area contributed by atoms with E-state index < -0.39 is 6.10 Å². The highest BCUT2D eigenvalue weighted by Crippen LogP contribution is 2.15. The first-order valence-electron chi connectivity index (χ1n) is 29.7. The van der Waals surface area contributed by atoms with Crippen LogP contribution in [-0.2, 0) is 28.6 Å². The van der Waals surface area contributed by atoms with E-state index in [-0.39, 0.29) is 31.1 Å². The molecule has 0 radical (unpaired) electrons. The van der Waals surface area contributed by atoms with Crippen molar-refractivity contribution < 1.29 is 28.6 Å². The van der Waals surface area contributed by atoms with Gasteiger partial charge in [0.15, 0.2) is 6.10 Å². The first-order valence-corrected chi connectivity index (χ1v) is 29.7. The van der Waals surface area contributed by atoms with Crippen LogP contribution in [0, 0.1) is 0 Å². The fourth-order valence-electron chi connectivity index (χ4n) is 8.15. The van der Waals surface area contributed by atoms with Crippen molar-refractivity contribution in [1.82, 2.24) is 0 Å². The molecule has 0 spiro atoms. The van der Waals surface area contributed by atoms with Gasteiger partial charge in [0.1, 0.15) is 13.2 Å².